The fraction of sp³-hybridized carbons (Fsp3) is 0.217. The Kier molecular flexibility index (Phi) is 6.68. The zero-order valence-electron chi connectivity index (χ0n) is 16.5. The second-order valence-electron chi connectivity index (χ2n) is 6.38. The number of nitrogens with one attached hydrogen (secondary N) is 2. The number of hydrogen-bond donors (Lipinski definition) is 2. The van der Waals surface area contributed by atoms with E-state index in [9.17, 15) is 9.59 Å². The number of amides is 2. The highest BCUT2D eigenvalue weighted by atomic mass is 16.5. The van der Waals surface area contributed by atoms with Gasteiger partial charge in [0.25, 0.3) is 5.91 Å². The molecule has 2 amide bonds. The maximum Gasteiger partial charge on any atom is 0.257 e. The lowest BCUT2D eigenvalue weighted by molar-refractivity contribution is -0.123. The summed E-state index contributed by atoms with van der Waals surface area (Å²) < 4.78 is 11.3. The van der Waals surface area contributed by atoms with Gasteiger partial charge in [-0.1, -0.05) is 31.2 Å². The number of fused-ring (bicyclic) bond motifs is 1. The maximum atomic E-state index is 12.4. The van der Waals surface area contributed by atoms with Crippen LogP contribution in [0.4, 0.5) is 5.69 Å². The molecule has 0 unspecified atom stereocenters. The Hall–Kier alpha value is -3.54. The Morgan fingerprint density at radius 3 is 2.72 bits per heavy atom. The van der Waals surface area contributed by atoms with Gasteiger partial charge in [-0.15, -0.1) is 0 Å². The first-order valence-corrected chi connectivity index (χ1v) is 9.59. The Balaban J connectivity index is 1.67. The number of benzene rings is 2. The van der Waals surface area contributed by atoms with Gasteiger partial charge in [-0.05, 0) is 31.2 Å². The van der Waals surface area contributed by atoms with Crippen molar-refractivity contribution >= 4 is 34.5 Å². The van der Waals surface area contributed by atoms with Gasteiger partial charge in [0.1, 0.15) is 17.1 Å². The summed E-state index contributed by atoms with van der Waals surface area (Å²) in [5.41, 5.74) is 2.31. The highest BCUT2D eigenvalue weighted by molar-refractivity contribution is 6.03. The fourth-order valence-electron chi connectivity index (χ4n) is 2.97. The SMILES string of the molecule is CCNC(=O)COc1cccc(NC(=O)/C=C/c2c(CC)oc3ccccc23)c1. The first-order chi connectivity index (χ1) is 14.1. The summed E-state index contributed by atoms with van der Waals surface area (Å²) in [4.78, 5) is 23.9. The molecule has 0 atom stereocenters. The van der Waals surface area contributed by atoms with Gasteiger partial charge >= 0.3 is 0 Å². The average Bonchev–Trinajstić information content (AvgIpc) is 3.09. The average molecular weight is 392 g/mol. The molecule has 6 heteroatoms. The van der Waals surface area contributed by atoms with Gasteiger partial charge in [0.05, 0.1) is 0 Å². The lowest BCUT2D eigenvalue weighted by Gasteiger charge is -2.08. The monoisotopic (exact) mass is 392 g/mol. The fourth-order valence-corrected chi connectivity index (χ4v) is 2.97. The van der Waals surface area contributed by atoms with Crippen LogP contribution in [0.5, 0.6) is 5.75 Å². The standard InChI is InChI=1S/C23H24N2O4/c1-3-20-19(18-10-5-6-11-21(18)29-20)12-13-22(26)25-16-8-7-9-17(14-16)28-15-23(27)24-4-2/h5-14H,3-4,15H2,1-2H3,(H,24,27)(H,25,26)/b13-12+. The summed E-state index contributed by atoms with van der Waals surface area (Å²) in [5.74, 6) is 0.894. The topological polar surface area (TPSA) is 80.6 Å². The minimum atomic E-state index is -0.266. The van der Waals surface area contributed by atoms with Crippen molar-refractivity contribution < 1.29 is 18.7 Å². The number of ether oxygens (including phenoxy) is 1. The van der Waals surface area contributed by atoms with E-state index in [0.717, 1.165) is 28.7 Å². The van der Waals surface area contributed by atoms with Crippen molar-refractivity contribution in [1.29, 1.82) is 0 Å². The molecule has 0 fully saturated rings. The Morgan fingerprint density at radius 2 is 1.93 bits per heavy atom. The molecule has 0 bridgehead atoms. The number of para-hydroxylation sites is 1. The molecule has 2 aromatic carbocycles. The van der Waals surface area contributed by atoms with Crippen LogP contribution in [0.2, 0.25) is 0 Å². The van der Waals surface area contributed by atoms with E-state index >= 15 is 0 Å². The van der Waals surface area contributed by atoms with Gasteiger partial charge in [-0.25, -0.2) is 0 Å². The minimum absolute atomic E-state index is 0.0709. The van der Waals surface area contributed by atoms with Crippen molar-refractivity contribution in [2.24, 2.45) is 0 Å². The number of furan rings is 1. The maximum absolute atomic E-state index is 12.4. The molecule has 2 N–H and O–H groups in total. The largest absolute Gasteiger partial charge is 0.484 e. The molecule has 0 saturated heterocycles. The molecular weight excluding hydrogens is 368 g/mol. The summed E-state index contributed by atoms with van der Waals surface area (Å²) in [6, 6.07) is 14.7. The molecule has 0 radical (unpaired) electrons. The predicted octanol–water partition coefficient (Wildman–Crippen LogP) is 4.16. The molecule has 1 aromatic heterocycles. The minimum Gasteiger partial charge on any atom is -0.484 e. The highest BCUT2D eigenvalue weighted by Gasteiger charge is 2.10. The van der Waals surface area contributed by atoms with Crippen LogP contribution >= 0.6 is 0 Å². The van der Waals surface area contributed by atoms with E-state index in [1.54, 1.807) is 30.3 Å². The van der Waals surface area contributed by atoms with Crippen molar-refractivity contribution in [1.82, 2.24) is 5.32 Å². The normalized spacial score (nSPS) is 11.0. The first kappa shape index (κ1) is 20.2. The van der Waals surface area contributed by atoms with Gasteiger partial charge in [0.2, 0.25) is 5.91 Å². The highest BCUT2D eigenvalue weighted by Crippen LogP contribution is 2.27. The van der Waals surface area contributed by atoms with Crippen LogP contribution in [-0.4, -0.2) is 25.0 Å². The van der Waals surface area contributed by atoms with Crippen molar-refractivity contribution in [3.05, 3.63) is 65.9 Å². The lowest BCUT2D eigenvalue weighted by Crippen LogP contribution is -2.28. The quantitative estimate of drug-likeness (QED) is 0.564. The van der Waals surface area contributed by atoms with Gasteiger partial charge in [-0.3, -0.25) is 9.59 Å². The van der Waals surface area contributed by atoms with Crippen molar-refractivity contribution in [3.63, 3.8) is 0 Å². The first-order valence-electron chi connectivity index (χ1n) is 9.59. The molecule has 1 heterocycles. The molecule has 0 aliphatic rings. The summed E-state index contributed by atoms with van der Waals surface area (Å²) >= 11 is 0. The summed E-state index contributed by atoms with van der Waals surface area (Å²) in [5, 5.41) is 6.45. The van der Waals surface area contributed by atoms with E-state index in [1.165, 1.54) is 6.08 Å². The van der Waals surface area contributed by atoms with Crippen molar-refractivity contribution in [3.8, 4) is 5.75 Å². The number of anilines is 1. The Labute approximate surface area is 169 Å². The second-order valence-corrected chi connectivity index (χ2v) is 6.38. The lowest BCUT2D eigenvalue weighted by atomic mass is 10.1. The van der Waals surface area contributed by atoms with Gasteiger partial charge in [-0.2, -0.15) is 0 Å². The molecule has 3 aromatic rings. The van der Waals surface area contributed by atoms with Gasteiger partial charge in [0, 0.05) is 41.7 Å². The van der Waals surface area contributed by atoms with E-state index in [-0.39, 0.29) is 18.4 Å². The third-order valence-electron chi connectivity index (χ3n) is 4.28. The van der Waals surface area contributed by atoms with Crippen LogP contribution in [0.25, 0.3) is 17.0 Å². The zero-order chi connectivity index (χ0) is 20.6. The summed E-state index contributed by atoms with van der Waals surface area (Å²) in [7, 11) is 0. The number of likely N-dealkylation sites (N-methyl/N-ethyl adjacent to an activating group) is 1. The molecule has 3 rings (SSSR count). The predicted molar refractivity (Wildman–Crippen MR) is 114 cm³/mol. The van der Waals surface area contributed by atoms with Crippen molar-refractivity contribution in [2.75, 3.05) is 18.5 Å². The van der Waals surface area contributed by atoms with E-state index in [2.05, 4.69) is 10.6 Å². The third-order valence-corrected chi connectivity index (χ3v) is 4.28. The summed E-state index contributed by atoms with van der Waals surface area (Å²) in [6.45, 7) is 4.34. The number of hydrogen-bond acceptors (Lipinski definition) is 4. The molecule has 0 aliphatic carbocycles. The summed E-state index contributed by atoms with van der Waals surface area (Å²) in [6.07, 6.45) is 4.00. The van der Waals surface area contributed by atoms with Crippen LogP contribution in [0.1, 0.15) is 25.2 Å². The van der Waals surface area contributed by atoms with Crippen LogP contribution in [0.15, 0.2) is 59.0 Å². The van der Waals surface area contributed by atoms with Crippen LogP contribution in [0, 0.1) is 0 Å². The van der Waals surface area contributed by atoms with Gasteiger partial charge in [0.15, 0.2) is 6.61 Å². The van der Waals surface area contributed by atoms with Crippen LogP contribution in [0.3, 0.4) is 0 Å². The number of carbonyl (C=O) groups is 2. The zero-order valence-corrected chi connectivity index (χ0v) is 16.5. The van der Waals surface area contributed by atoms with Crippen molar-refractivity contribution in [2.45, 2.75) is 20.3 Å². The molecule has 150 valence electrons. The molecule has 6 nitrogen and oxygen atoms in total. The molecule has 0 aliphatic heterocycles. The molecule has 0 spiro atoms. The number of carbonyl (C=O) groups excluding carboxylic acids is 2. The van der Waals surface area contributed by atoms with Gasteiger partial charge < -0.3 is 19.8 Å². The van der Waals surface area contributed by atoms with E-state index in [0.29, 0.717) is 18.0 Å². The molecule has 0 saturated carbocycles. The van der Waals surface area contributed by atoms with Crippen LogP contribution in [-0.2, 0) is 16.0 Å². The number of rotatable bonds is 8. The third kappa shape index (κ3) is 5.25. The Bertz CT molecular complexity index is 1040. The van der Waals surface area contributed by atoms with Crippen LogP contribution < -0.4 is 15.4 Å². The smallest absolute Gasteiger partial charge is 0.257 e. The molecule has 29 heavy (non-hydrogen) atoms. The second kappa shape index (κ2) is 9.59. The van der Waals surface area contributed by atoms with E-state index in [1.807, 2.05) is 38.1 Å². The van der Waals surface area contributed by atoms with E-state index < -0.39 is 0 Å². The van der Waals surface area contributed by atoms with E-state index in [4.69, 9.17) is 9.15 Å². The molecular formula is C23H24N2O4. The Morgan fingerprint density at radius 1 is 1.10 bits per heavy atom. The number of aryl methyl sites for hydroxylation is 1.